The molecule has 1 aliphatic carbocycles. The van der Waals surface area contributed by atoms with Gasteiger partial charge in [-0.2, -0.15) is 0 Å². The molecule has 1 aromatic heterocycles. The molecule has 27 heavy (non-hydrogen) atoms. The first kappa shape index (κ1) is 18.9. The normalized spacial score (nSPS) is 25.9. The maximum absolute atomic E-state index is 12.8. The number of fused-ring (bicyclic) bond motifs is 1. The van der Waals surface area contributed by atoms with Crippen LogP contribution in [0.2, 0.25) is 0 Å². The van der Waals surface area contributed by atoms with Crippen molar-refractivity contribution in [1.29, 1.82) is 0 Å². The Morgan fingerprint density at radius 3 is 2.96 bits per heavy atom. The molecule has 4 nitrogen and oxygen atoms in total. The molecule has 0 radical (unpaired) electrons. The zero-order valence-electron chi connectivity index (χ0n) is 16.2. The average Bonchev–Trinajstić information content (AvgIpc) is 3.34. The second-order valence-corrected chi connectivity index (χ2v) is 8.97. The molecule has 146 valence electrons. The van der Waals surface area contributed by atoms with E-state index in [4.69, 9.17) is 4.74 Å². The number of thiophene rings is 1. The summed E-state index contributed by atoms with van der Waals surface area (Å²) < 4.78 is 7.07. The number of hydrogen-bond acceptors (Lipinski definition) is 4. The van der Waals surface area contributed by atoms with Gasteiger partial charge in [-0.1, -0.05) is 25.0 Å². The van der Waals surface area contributed by atoms with Gasteiger partial charge in [0.15, 0.2) is 0 Å². The van der Waals surface area contributed by atoms with E-state index in [0.29, 0.717) is 18.6 Å². The molecule has 1 amide bonds. The molecule has 3 unspecified atom stereocenters. The predicted molar refractivity (Wildman–Crippen MR) is 111 cm³/mol. The fourth-order valence-electron chi connectivity index (χ4n) is 4.69. The van der Waals surface area contributed by atoms with Gasteiger partial charge in [-0.15, -0.1) is 11.3 Å². The first-order valence-corrected chi connectivity index (χ1v) is 11.1. The van der Waals surface area contributed by atoms with Crippen molar-refractivity contribution >= 4 is 27.3 Å². The van der Waals surface area contributed by atoms with Crippen LogP contribution < -0.4 is 5.32 Å². The molecule has 1 aromatic carbocycles. The van der Waals surface area contributed by atoms with Gasteiger partial charge in [0.2, 0.25) is 5.91 Å². The van der Waals surface area contributed by atoms with Crippen molar-refractivity contribution in [3.63, 3.8) is 0 Å². The van der Waals surface area contributed by atoms with E-state index in [0.717, 1.165) is 31.6 Å². The number of nitrogens with one attached hydrogen (secondary N) is 1. The highest BCUT2D eigenvalue weighted by atomic mass is 32.1. The highest BCUT2D eigenvalue weighted by molar-refractivity contribution is 7.17. The number of benzene rings is 1. The Balaban J connectivity index is 1.38. The molecule has 2 fully saturated rings. The largest absolute Gasteiger partial charge is 0.377 e. The molecular formula is C22H30N2O2S. The molecule has 1 saturated heterocycles. The number of nitrogens with zero attached hydrogens (tertiary/aromatic N) is 1. The van der Waals surface area contributed by atoms with Crippen molar-refractivity contribution in [2.45, 2.75) is 63.1 Å². The third-order valence-corrected chi connectivity index (χ3v) is 6.98. The zero-order chi connectivity index (χ0) is 18.6. The molecule has 4 rings (SSSR count). The lowest BCUT2D eigenvalue weighted by Crippen LogP contribution is -2.53. The van der Waals surface area contributed by atoms with Crippen molar-refractivity contribution in [3.05, 3.63) is 35.2 Å². The van der Waals surface area contributed by atoms with Crippen molar-refractivity contribution in [2.24, 2.45) is 0 Å². The number of carbonyl (C=O) groups is 1. The van der Waals surface area contributed by atoms with E-state index in [1.54, 1.807) is 11.3 Å². The quantitative estimate of drug-likeness (QED) is 0.816. The van der Waals surface area contributed by atoms with Gasteiger partial charge < -0.3 is 10.1 Å². The van der Waals surface area contributed by atoms with E-state index in [1.807, 2.05) is 0 Å². The van der Waals surface area contributed by atoms with Crippen LogP contribution >= 0.6 is 11.3 Å². The van der Waals surface area contributed by atoms with Gasteiger partial charge in [0, 0.05) is 29.9 Å². The number of carbonyl (C=O) groups excluding carboxylic acids is 1. The second-order valence-electron chi connectivity index (χ2n) is 8.03. The summed E-state index contributed by atoms with van der Waals surface area (Å²) in [6.07, 6.45) is 7.87. The topological polar surface area (TPSA) is 41.6 Å². The van der Waals surface area contributed by atoms with Crippen LogP contribution in [0.15, 0.2) is 29.6 Å². The fourth-order valence-corrected chi connectivity index (χ4v) is 5.53. The summed E-state index contributed by atoms with van der Waals surface area (Å²) in [6.45, 7) is 1.88. The van der Waals surface area contributed by atoms with E-state index >= 15 is 0 Å². The van der Waals surface area contributed by atoms with Crippen molar-refractivity contribution in [3.8, 4) is 0 Å². The molecule has 5 heteroatoms. The molecule has 1 aliphatic heterocycles. The average molecular weight is 387 g/mol. The molecule has 3 atom stereocenters. The molecule has 2 aliphatic rings. The molecule has 0 bridgehead atoms. The van der Waals surface area contributed by atoms with E-state index in [1.165, 1.54) is 35.8 Å². The minimum absolute atomic E-state index is 0.149. The summed E-state index contributed by atoms with van der Waals surface area (Å²) in [7, 11) is 2.20. The summed E-state index contributed by atoms with van der Waals surface area (Å²) in [5, 5.41) is 6.68. The number of amides is 1. The Kier molecular flexibility index (Phi) is 6.11. The fraction of sp³-hybridized carbons (Fsp3) is 0.591. The third kappa shape index (κ3) is 4.53. The zero-order valence-corrected chi connectivity index (χ0v) is 17.0. The maximum Gasteiger partial charge on any atom is 0.224 e. The summed E-state index contributed by atoms with van der Waals surface area (Å²) in [4.78, 5) is 15.2. The predicted octanol–water partition coefficient (Wildman–Crippen LogP) is 3.98. The van der Waals surface area contributed by atoms with Gasteiger partial charge in [0.1, 0.15) is 0 Å². The molecule has 2 heterocycles. The number of hydrogen-bond donors (Lipinski definition) is 1. The van der Waals surface area contributed by atoms with Gasteiger partial charge in [-0.25, -0.2) is 0 Å². The number of rotatable bonds is 6. The Hall–Kier alpha value is -1.43. The molecule has 0 spiro atoms. The Labute approximate surface area is 165 Å². The van der Waals surface area contributed by atoms with Gasteiger partial charge in [0.05, 0.1) is 12.5 Å². The Bertz CT molecular complexity index is 769. The van der Waals surface area contributed by atoms with Crippen LogP contribution in [0.25, 0.3) is 10.1 Å². The molecule has 1 N–H and O–H groups in total. The summed E-state index contributed by atoms with van der Waals surface area (Å²) in [6, 6.07) is 9.06. The van der Waals surface area contributed by atoms with E-state index < -0.39 is 0 Å². The van der Waals surface area contributed by atoms with E-state index in [9.17, 15) is 4.79 Å². The summed E-state index contributed by atoms with van der Waals surface area (Å²) >= 11 is 1.73. The highest BCUT2D eigenvalue weighted by Gasteiger charge is 2.31. The van der Waals surface area contributed by atoms with Gasteiger partial charge in [0.25, 0.3) is 0 Å². The SMILES string of the molecule is CN(CC1CCCO1)C1CCCCC1NC(=O)Cc1cccc2sccc12. The van der Waals surface area contributed by atoms with Crippen molar-refractivity contribution < 1.29 is 9.53 Å². The second kappa shape index (κ2) is 8.72. The third-order valence-electron chi connectivity index (χ3n) is 6.09. The standard InChI is InChI=1S/C22H30N2O2S/c1-24(15-17-7-5-12-26-17)20-9-3-2-8-19(20)23-22(25)14-16-6-4-10-21-18(16)11-13-27-21/h4,6,10-11,13,17,19-20H,2-3,5,7-9,12,14-15H2,1H3,(H,23,25). The van der Waals surface area contributed by atoms with Gasteiger partial charge in [-0.05, 0) is 61.2 Å². The van der Waals surface area contributed by atoms with Crippen molar-refractivity contribution in [2.75, 3.05) is 20.2 Å². The molecule has 1 saturated carbocycles. The number of likely N-dealkylation sites (N-methyl/N-ethyl adjacent to an activating group) is 1. The van der Waals surface area contributed by atoms with Crippen LogP contribution in [0.5, 0.6) is 0 Å². The van der Waals surface area contributed by atoms with Gasteiger partial charge in [-0.3, -0.25) is 9.69 Å². The minimum atomic E-state index is 0.149. The van der Waals surface area contributed by atoms with Gasteiger partial charge >= 0.3 is 0 Å². The highest BCUT2D eigenvalue weighted by Crippen LogP contribution is 2.26. The molecule has 2 aromatic rings. The van der Waals surface area contributed by atoms with Crippen LogP contribution in [0.1, 0.15) is 44.1 Å². The lowest BCUT2D eigenvalue weighted by atomic mass is 9.89. The van der Waals surface area contributed by atoms with Crippen LogP contribution in [0.3, 0.4) is 0 Å². The van der Waals surface area contributed by atoms with Crippen LogP contribution in [-0.2, 0) is 16.0 Å². The Morgan fingerprint density at radius 2 is 2.11 bits per heavy atom. The maximum atomic E-state index is 12.8. The lowest BCUT2D eigenvalue weighted by Gasteiger charge is -2.39. The Morgan fingerprint density at radius 1 is 1.22 bits per heavy atom. The van der Waals surface area contributed by atoms with Crippen molar-refractivity contribution in [1.82, 2.24) is 10.2 Å². The van der Waals surface area contributed by atoms with E-state index in [-0.39, 0.29) is 11.9 Å². The summed E-state index contributed by atoms with van der Waals surface area (Å²) in [5.41, 5.74) is 1.13. The van der Waals surface area contributed by atoms with E-state index in [2.05, 4.69) is 46.9 Å². The van der Waals surface area contributed by atoms with Crippen LogP contribution in [-0.4, -0.2) is 49.2 Å². The first-order chi connectivity index (χ1) is 13.2. The van der Waals surface area contributed by atoms with Crippen LogP contribution in [0.4, 0.5) is 0 Å². The monoisotopic (exact) mass is 386 g/mol. The summed E-state index contributed by atoms with van der Waals surface area (Å²) in [5.74, 6) is 0.149. The smallest absolute Gasteiger partial charge is 0.224 e. The van der Waals surface area contributed by atoms with Crippen LogP contribution in [0, 0.1) is 0 Å². The first-order valence-electron chi connectivity index (χ1n) is 10.3. The lowest BCUT2D eigenvalue weighted by molar-refractivity contribution is -0.121. The molecular weight excluding hydrogens is 356 g/mol. The number of ether oxygens (including phenoxy) is 1. The minimum Gasteiger partial charge on any atom is -0.377 e.